The number of nitrogens with two attached hydrogens (primary N) is 1. The molecule has 0 unspecified atom stereocenters. The van der Waals surface area contributed by atoms with Gasteiger partial charge in [0.2, 0.25) is 0 Å². The molecule has 0 aliphatic rings. The Labute approximate surface area is 108 Å². The van der Waals surface area contributed by atoms with E-state index in [1.54, 1.807) is 18.2 Å². The van der Waals surface area contributed by atoms with Crippen LogP contribution in [0.3, 0.4) is 0 Å². The average Bonchev–Trinajstić information content (AvgIpc) is 2.22. The molecule has 6 heteroatoms. The van der Waals surface area contributed by atoms with Crippen LogP contribution >= 0.6 is 35.0 Å². The second-order valence-corrected chi connectivity index (χ2v) is 5.07. The van der Waals surface area contributed by atoms with E-state index in [0.717, 1.165) is 5.56 Å². The molecule has 16 heavy (non-hydrogen) atoms. The van der Waals surface area contributed by atoms with Gasteiger partial charge in [0, 0.05) is 21.6 Å². The minimum Gasteiger partial charge on any atom is -0.480 e. The van der Waals surface area contributed by atoms with Crippen LogP contribution in [0, 0.1) is 0 Å². The normalized spacial score (nSPS) is 12.4. The molecule has 0 radical (unpaired) electrons. The SMILES string of the molecule is N[C@H](CSCc1cc(Cl)ccc1Cl)C(=O)O. The van der Waals surface area contributed by atoms with Crippen LogP contribution in [0.15, 0.2) is 18.2 Å². The quantitative estimate of drug-likeness (QED) is 0.870. The first-order chi connectivity index (χ1) is 7.50. The number of aliphatic carboxylic acids is 1. The number of carboxylic acid groups (broad SMARTS) is 1. The van der Waals surface area contributed by atoms with Gasteiger partial charge in [-0.05, 0) is 23.8 Å². The standard InChI is InChI=1S/C10H11Cl2NO2S/c11-7-1-2-8(12)6(3-7)4-16-5-9(13)10(14)15/h1-3,9H,4-5,13H2,(H,14,15)/t9-/m1/s1. The molecule has 0 saturated heterocycles. The summed E-state index contributed by atoms with van der Waals surface area (Å²) in [6.07, 6.45) is 0. The molecule has 3 nitrogen and oxygen atoms in total. The summed E-state index contributed by atoms with van der Waals surface area (Å²) in [6.45, 7) is 0. The molecule has 0 aliphatic carbocycles. The third-order valence-electron chi connectivity index (χ3n) is 1.88. The fourth-order valence-electron chi connectivity index (χ4n) is 1.02. The van der Waals surface area contributed by atoms with Gasteiger partial charge in [0.15, 0.2) is 0 Å². The molecule has 0 aromatic heterocycles. The Morgan fingerprint density at radius 1 is 1.50 bits per heavy atom. The highest BCUT2D eigenvalue weighted by atomic mass is 35.5. The van der Waals surface area contributed by atoms with Crippen molar-refractivity contribution in [3.8, 4) is 0 Å². The average molecular weight is 280 g/mol. The van der Waals surface area contributed by atoms with Gasteiger partial charge < -0.3 is 10.8 Å². The third-order valence-corrected chi connectivity index (χ3v) is 3.59. The highest BCUT2D eigenvalue weighted by molar-refractivity contribution is 7.98. The maximum Gasteiger partial charge on any atom is 0.321 e. The first-order valence-electron chi connectivity index (χ1n) is 4.50. The molecule has 1 atom stereocenters. The van der Waals surface area contributed by atoms with Gasteiger partial charge in [-0.25, -0.2) is 0 Å². The lowest BCUT2D eigenvalue weighted by atomic mass is 10.2. The highest BCUT2D eigenvalue weighted by Gasteiger charge is 2.11. The second-order valence-electron chi connectivity index (χ2n) is 3.20. The second kappa shape index (κ2) is 6.35. The van der Waals surface area contributed by atoms with Crippen molar-refractivity contribution in [1.82, 2.24) is 0 Å². The summed E-state index contributed by atoms with van der Waals surface area (Å²) < 4.78 is 0. The van der Waals surface area contributed by atoms with Crippen molar-refractivity contribution in [2.24, 2.45) is 5.73 Å². The number of hydrogen-bond donors (Lipinski definition) is 2. The zero-order valence-electron chi connectivity index (χ0n) is 8.32. The van der Waals surface area contributed by atoms with Gasteiger partial charge in [-0.1, -0.05) is 23.2 Å². The van der Waals surface area contributed by atoms with Crippen LogP contribution in [-0.2, 0) is 10.5 Å². The smallest absolute Gasteiger partial charge is 0.321 e. The van der Waals surface area contributed by atoms with Gasteiger partial charge >= 0.3 is 5.97 Å². The first-order valence-corrected chi connectivity index (χ1v) is 6.42. The molecule has 88 valence electrons. The molecular formula is C10H11Cl2NO2S. The molecule has 3 N–H and O–H groups in total. The van der Waals surface area contributed by atoms with Crippen LogP contribution in [0.4, 0.5) is 0 Å². The monoisotopic (exact) mass is 279 g/mol. The van der Waals surface area contributed by atoms with Crippen molar-refractivity contribution in [2.75, 3.05) is 5.75 Å². The molecule has 1 rings (SSSR count). The zero-order chi connectivity index (χ0) is 12.1. The van der Waals surface area contributed by atoms with E-state index in [1.165, 1.54) is 11.8 Å². The maximum atomic E-state index is 10.5. The van der Waals surface area contributed by atoms with E-state index in [4.69, 9.17) is 34.0 Å². The summed E-state index contributed by atoms with van der Waals surface area (Å²) in [5.74, 6) is -0.0527. The molecule has 0 spiro atoms. The molecule has 0 bridgehead atoms. The molecular weight excluding hydrogens is 269 g/mol. The minimum atomic E-state index is -0.996. The van der Waals surface area contributed by atoms with Crippen molar-refractivity contribution >= 4 is 40.9 Å². The molecule has 1 aromatic rings. The van der Waals surface area contributed by atoms with Gasteiger partial charge in [-0.3, -0.25) is 4.79 Å². The Kier molecular flexibility index (Phi) is 5.41. The number of thioether (sulfide) groups is 1. The van der Waals surface area contributed by atoms with E-state index >= 15 is 0 Å². The van der Waals surface area contributed by atoms with Crippen LogP contribution in [0.1, 0.15) is 5.56 Å². The van der Waals surface area contributed by atoms with E-state index in [0.29, 0.717) is 21.6 Å². The van der Waals surface area contributed by atoms with Gasteiger partial charge in [0.25, 0.3) is 0 Å². The first kappa shape index (κ1) is 13.6. The predicted molar refractivity (Wildman–Crippen MR) is 68.2 cm³/mol. The summed E-state index contributed by atoms with van der Waals surface area (Å²) in [5, 5.41) is 9.83. The van der Waals surface area contributed by atoms with Crippen molar-refractivity contribution < 1.29 is 9.90 Å². The Morgan fingerprint density at radius 3 is 2.81 bits per heavy atom. The predicted octanol–water partition coefficient (Wildman–Crippen LogP) is 2.64. The van der Waals surface area contributed by atoms with Crippen LogP contribution in [0.5, 0.6) is 0 Å². The van der Waals surface area contributed by atoms with Gasteiger partial charge in [0.05, 0.1) is 0 Å². The van der Waals surface area contributed by atoms with Crippen molar-refractivity contribution in [2.45, 2.75) is 11.8 Å². The van der Waals surface area contributed by atoms with Crippen LogP contribution in [-0.4, -0.2) is 22.9 Å². The summed E-state index contributed by atoms with van der Waals surface area (Å²) >= 11 is 13.2. The number of hydrogen-bond acceptors (Lipinski definition) is 3. The van der Waals surface area contributed by atoms with E-state index in [9.17, 15) is 4.79 Å². The number of carbonyl (C=O) groups is 1. The Balaban J connectivity index is 2.48. The fourth-order valence-corrected chi connectivity index (χ4v) is 2.45. The van der Waals surface area contributed by atoms with E-state index in [-0.39, 0.29) is 0 Å². The molecule has 0 heterocycles. The van der Waals surface area contributed by atoms with Crippen molar-refractivity contribution in [3.63, 3.8) is 0 Å². The molecule has 0 aliphatic heterocycles. The lowest BCUT2D eigenvalue weighted by Crippen LogP contribution is -2.32. The lowest BCUT2D eigenvalue weighted by Gasteiger charge is -2.07. The number of halogens is 2. The van der Waals surface area contributed by atoms with Gasteiger partial charge in [-0.2, -0.15) is 11.8 Å². The fraction of sp³-hybridized carbons (Fsp3) is 0.300. The summed E-state index contributed by atoms with van der Waals surface area (Å²) in [7, 11) is 0. The summed E-state index contributed by atoms with van der Waals surface area (Å²) in [5.41, 5.74) is 6.26. The molecule has 1 aromatic carbocycles. The lowest BCUT2D eigenvalue weighted by molar-refractivity contribution is -0.137. The van der Waals surface area contributed by atoms with Crippen molar-refractivity contribution in [3.05, 3.63) is 33.8 Å². The third kappa shape index (κ3) is 4.22. The highest BCUT2D eigenvalue weighted by Crippen LogP contribution is 2.24. The van der Waals surface area contributed by atoms with Gasteiger partial charge in [0.1, 0.15) is 6.04 Å². The molecule has 0 amide bonds. The van der Waals surface area contributed by atoms with E-state index in [1.807, 2.05) is 0 Å². The van der Waals surface area contributed by atoms with Crippen LogP contribution in [0.2, 0.25) is 10.0 Å². The van der Waals surface area contributed by atoms with Crippen LogP contribution < -0.4 is 5.73 Å². The summed E-state index contributed by atoms with van der Waals surface area (Å²) in [6, 6.07) is 4.35. The molecule has 0 fully saturated rings. The zero-order valence-corrected chi connectivity index (χ0v) is 10.6. The largest absolute Gasteiger partial charge is 0.480 e. The maximum absolute atomic E-state index is 10.5. The van der Waals surface area contributed by atoms with E-state index < -0.39 is 12.0 Å². The van der Waals surface area contributed by atoms with Crippen molar-refractivity contribution in [1.29, 1.82) is 0 Å². The minimum absolute atomic E-state index is 0.345. The topological polar surface area (TPSA) is 63.3 Å². The number of carboxylic acids is 1. The summed E-state index contributed by atoms with van der Waals surface area (Å²) in [4.78, 5) is 10.5. The number of rotatable bonds is 5. The Hall–Kier alpha value is -0.420. The Bertz CT molecular complexity index is 387. The van der Waals surface area contributed by atoms with Crippen LogP contribution in [0.25, 0.3) is 0 Å². The van der Waals surface area contributed by atoms with Gasteiger partial charge in [-0.15, -0.1) is 0 Å². The van der Waals surface area contributed by atoms with E-state index in [2.05, 4.69) is 0 Å². The molecule has 0 saturated carbocycles. The number of benzene rings is 1. The Morgan fingerprint density at radius 2 is 2.19 bits per heavy atom.